The molecule has 4 heteroatoms. The lowest BCUT2D eigenvalue weighted by molar-refractivity contribution is 0.0747. The average molecular weight is 297 g/mol. The fraction of sp³-hybridized carbons (Fsp3) is 0.0833. The van der Waals surface area contributed by atoms with Crippen LogP contribution in [0.4, 0.5) is 0 Å². The summed E-state index contributed by atoms with van der Waals surface area (Å²) < 4.78 is 0.734. The summed E-state index contributed by atoms with van der Waals surface area (Å²) >= 11 is 4.71. The number of ketones is 1. The van der Waals surface area contributed by atoms with E-state index in [0.717, 1.165) is 4.47 Å². The molecule has 0 saturated heterocycles. The summed E-state index contributed by atoms with van der Waals surface area (Å²) in [5, 5.41) is 13.5. The Hall–Kier alpha value is -0.970. The standard InChI is InChI=1S/C12H9BrO2S/c13-10-7-16-6-9(10)12(15)11(14)8-4-2-1-3-5-8/h1-7,11,14H. The van der Waals surface area contributed by atoms with E-state index >= 15 is 0 Å². The van der Waals surface area contributed by atoms with Crippen LogP contribution in [0, 0.1) is 0 Å². The van der Waals surface area contributed by atoms with Gasteiger partial charge in [-0.3, -0.25) is 4.79 Å². The van der Waals surface area contributed by atoms with E-state index in [-0.39, 0.29) is 5.78 Å². The third kappa shape index (κ3) is 2.24. The van der Waals surface area contributed by atoms with Crippen molar-refractivity contribution in [2.45, 2.75) is 6.10 Å². The zero-order valence-corrected chi connectivity index (χ0v) is 10.7. The third-order valence-corrected chi connectivity index (χ3v) is 3.95. The Labute approximate surface area is 106 Å². The molecule has 0 saturated carbocycles. The van der Waals surface area contributed by atoms with Crippen LogP contribution in [0.1, 0.15) is 22.0 Å². The Morgan fingerprint density at radius 1 is 1.25 bits per heavy atom. The number of carbonyl (C=O) groups is 1. The van der Waals surface area contributed by atoms with Gasteiger partial charge in [0.05, 0.1) is 0 Å². The molecule has 1 heterocycles. The number of carbonyl (C=O) groups excluding carboxylic acids is 1. The number of aliphatic hydroxyl groups is 1. The quantitative estimate of drug-likeness (QED) is 0.881. The predicted molar refractivity (Wildman–Crippen MR) is 67.8 cm³/mol. The van der Waals surface area contributed by atoms with Crippen molar-refractivity contribution in [2.75, 3.05) is 0 Å². The summed E-state index contributed by atoms with van der Waals surface area (Å²) in [6.07, 6.45) is -1.09. The highest BCUT2D eigenvalue weighted by atomic mass is 79.9. The van der Waals surface area contributed by atoms with E-state index in [0.29, 0.717) is 11.1 Å². The van der Waals surface area contributed by atoms with Crippen molar-refractivity contribution in [1.29, 1.82) is 0 Å². The van der Waals surface area contributed by atoms with E-state index in [4.69, 9.17) is 0 Å². The molecule has 0 fully saturated rings. The van der Waals surface area contributed by atoms with Crippen molar-refractivity contribution < 1.29 is 9.90 Å². The lowest BCUT2D eigenvalue weighted by atomic mass is 10.0. The van der Waals surface area contributed by atoms with Crippen LogP contribution >= 0.6 is 27.3 Å². The third-order valence-electron chi connectivity index (χ3n) is 2.24. The van der Waals surface area contributed by atoms with Crippen LogP contribution in [0.25, 0.3) is 0 Å². The van der Waals surface area contributed by atoms with Gasteiger partial charge in [0.25, 0.3) is 0 Å². The van der Waals surface area contributed by atoms with Crippen molar-refractivity contribution in [3.63, 3.8) is 0 Å². The van der Waals surface area contributed by atoms with Gasteiger partial charge in [0.15, 0.2) is 5.78 Å². The summed E-state index contributed by atoms with van der Waals surface area (Å²) in [6.45, 7) is 0. The van der Waals surface area contributed by atoms with Crippen LogP contribution in [-0.2, 0) is 0 Å². The summed E-state index contributed by atoms with van der Waals surface area (Å²) in [5.74, 6) is -0.278. The highest BCUT2D eigenvalue weighted by molar-refractivity contribution is 9.10. The first kappa shape index (κ1) is 11.5. The molecule has 16 heavy (non-hydrogen) atoms. The number of Topliss-reactive ketones (excluding diaryl/α,β-unsaturated/α-hetero) is 1. The average Bonchev–Trinajstić information content (AvgIpc) is 2.75. The number of hydrogen-bond acceptors (Lipinski definition) is 3. The number of aliphatic hydroxyl groups excluding tert-OH is 1. The van der Waals surface area contributed by atoms with E-state index in [1.165, 1.54) is 11.3 Å². The monoisotopic (exact) mass is 296 g/mol. The van der Waals surface area contributed by atoms with Gasteiger partial charge >= 0.3 is 0 Å². The normalized spacial score (nSPS) is 12.4. The minimum absolute atomic E-state index is 0.278. The Bertz CT molecular complexity index is 493. The molecule has 1 atom stereocenters. The first-order valence-corrected chi connectivity index (χ1v) is 6.42. The molecule has 2 nitrogen and oxygen atoms in total. The molecule has 0 bridgehead atoms. The van der Waals surface area contributed by atoms with Crippen LogP contribution in [0.2, 0.25) is 0 Å². The first-order chi connectivity index (χ1) is 7.70. The highest BCUT2D eigenvalue weighted by Gasteiger charge is 2.21. The maximum atomic E-state index is 12.0. The molecule has 1 N–H and O–H groups in total. The van der Waals surface area contributed by atoms with Crippen LogP contribution < -0.4 is 0 Å². The first-order valence-electron chi connectivity index (χ1n) is 4.69. The summed E-state index contributed by atoms with van der Waals surface area (Å²) in [6, 6.07) is 8.93. The molecule has 0 aliphatic heterocycles. The number of thiophene rings is 1. The molecule has 2 rings (SSSR count). The highest BCUT2D eigenvalue weighted by Crippen LogP contribution is 2.26. The molecule has 1 aromatic carbocycles. The molecule has 82 valence electrons. The van der Waals surface area contributed by atoms with E-state index < -0.39 is 6.10 Å². The van der Waals surface area contributed by atoms with Gasteiger partial charge in [0.2, 0.25) is 0 Å². The molecule has 0 spiro atoms. The van der Waals surface area contributed by atoms with Gasteiger partial charge in [-0.05, 0) is 21.5 Å². The van der Waals surface area contributed by atoms with E-state index in [9.17, 15) is 9.90 Å². The molecule has 0 amide bonds. The van der Waals surface area contributed by atoms with Crippen molar-refractivity contribution >= 4 is 33.0 Å². The Morgan fingerprint density at radius 2 is 1.94 bits per heavy atom. The van der Waals surface area contributed by atoms with Gasteiger partial charge < -0.3 is 5.11 Å². The Morgan fingerprint density at radius 3 is 2.50 bits per heavy atom. The largest absolute Gasteiger partial charge is 0.380 e. The van der Waals surface area contributed by atoms with Gasteiger partial charge in [0, 0.05) is 20.8 Å². The topological polar surface area (TPSA) is 37.3 Å². The molecule has 0 radical (unpaired) electrons. The van der Waals surface area contributed by atoms with Crippen molar-refractivity contribution in [3.05, 3.63) is 56.7 Å². The molecule has 2 aromatic rings. The molecular weight excluding hydrogens is 288 g/mol. The number of hydrogen-bond donors (Lipinski definition) is 1. The zero-order valence-electron chi connectivity index (χ0n) is 8.26. The Balaban J connectivity index is 2.27. The second-order valence-corrected chi connectivity index (χ2v) is 4.91. The second-order valence-electron chi connectivity index (χ2n) is 3.31. The fourth-order valence-electron chi connectivity index (χ4n) is 1.39. The van der Waals surface area contributed by atoms with Crippen LogP contribution in [0.3, 0.4) is 0 Å². The van der Waals surface area contributed by atoms with Crippen molar-refractivity contribution in [3.8, 4) is 0 Å². The zero-order chi connectivity index (χ0) is 11.5. The molecule has 0 aliphatic carbocycles. The van der Waals surface area contributed by atoms with Crippen LogP contribution in [-0.4, -0.2) is 10.9 Å². The van der Waals surface area contributed by atoms with Crippen molar-refractivity contribution in [1.82, 2.24) is 0 Å². The SMILES string of the molecule is O=C(c1cscc1Br)C(O)c1ccccc1. The summed E-state index contributed by atoms with van der Waals surface area (Å²) in [5.41, 5.74) is 1.15. The number of benzene rings is 1. The van der Waals surface area contributed by atoms with Gasteiger partial charge in [-0.15, -0.1) is 0 Å². The maximum Gasteiger partial charge on any atom is 0.197 e. The molecular formula is C12H9BrO2S. The van der Waals surface area contributed by atoms with E-state index in [2.05, 4.69) is 15.9 Å². The maximum absolute atomic E-state index is 12.0. The smallest absolute Gasteiger partial charge is 0.197 e. The summed E-state index contributed by atoms with van der Waals surface area (Å²) in [4.78, 5) is 12.0. The molecule has 0 aliphatic rings. The van der Waals surface area contributed by atoms with E-state index in [1.807, 2.05) is 11.4 Å². The fourth-order valence-corrected chi connectivity index (χ4v) is 2.87. The number of rotatable bonds is 3. The molecule has 1 unspecified atom stereocenters. The predicted octanol–water partition coefficient (Wildman–Crippen LogP) is 3.43. The molecule has 1 aromatic heterocycles. The van der Waals surface area contributed by atoms with Crippen LogP contribution in [0.5, 0.6) is 0 Å². The number of halogens is 1. The van der Waals surface area contributed by atoms with Gasteiger partial charge in [-0.1, -0.05) is 30.3 Å². The van der Waals surface area contributed by atoms with Gasteiger partial charge in [-0.25, -0.2) is 0 Å². The minimum Gasteiger partial charge on any atom is -0.380 e. The summed E-state index contributed by atoms with van der Waals surface area (Å²) in [7, 11) is 0. The van der Waals surface area contributed by atoms with Crippen LogP contribution in [0.15, 0.2) is 45.6 Å². The van der Waals surface area contributed by atoms with E-state index in [1.54, 1.807) is 29.6 Å². The second kappa shape index (κ2) is 4.91. The lowest BCUT2D eigenvalue weighted by Crippen LogP contribution is -2.11. The Kier molecular flexibility index (Phi) is 3.53. The van der Waals surface area contributed by atoms with Crippen molar-refractivity contribution in [2.24, 2.45) is 0 Å². The lowest BCUT2D eigenvalue weighted by Gasteiger charge is -2.08. The minimum atomic E-state index is -1.09. The van der Waals surface area contributed by atoms with Gasteiger partial charge in [-0.2, -0.15) is 11.3 Å². The van der Waals surface area contributed by atoms with Gasteiger partial charge in [0.1, 0.15) is 6.10 Å².